The van der Waals surface area contributed by atoms with E-state index in [2.05, 4.69) is 241 Å². The average Bonchev–Trinajstić information content (AvgIpc) is 3.89. The summed E-state index contributed by atoms with van der Waals surface area (Å²) in [5.74, 6) is 0. The Morgan fingerprint density at radius 2 is 0.825 bits per heavy atom. The zero-order valence-electron chi connectivity index (χ0n) is 34.5. The Morgan fingerprint density at radius 1 is 0.302 bits per heavy atom. The van der Waals surface area contributed by atoms with Crippen LogP contribution in [0.15, 0.2) is 253 Å². The first-order chi connectivity index (χ1) is 31.2. The summed E-state index contributed by atoms with van der Waals surface area (Å²) in [6, 6.07) is 90.5. The minimum atomic E-state index is -0.532. The molecule has 0 amide bonds. The molecule has 1 aliphatic carbocycles. The number of benzene rings is 10. The summed E-state index contributed by atoms with van der Waals surface area (Å²) in [5.41, 5.74) is 19.1. The fourth-order valence-corrected chi connectivity index (χ4v) is 10.1. The summed E-state index contributed by atoms with van der Waals surface area (Å²) < 4.78 is 6.19. The van der Waals surface area contributed by atoms with Crippen LogP contribution in [0.1, 0.15) is 22.3 Å². The number of hydrogen-bond acceptors (Lipinski definition) is 2. The van der Waals surface area contributed by atoms with Crippen LogP contribution in [0.25, 0.3) is 66.4 Å². The van der Waals surface area contributed by atoms with Gasteiger partial charge in [-0.2, -0.15) is 0 Å². The molecule has 10 aromatic carbocycles. The van der Waals surface area contributed by atoms with Gasteiger partial charge in [-0.3, -0.25) is 0 Å². The Bertz CT molecular complexity index is 3390. The van der Waals surface area contributed by atoms with Crippen molar-refractivity contribution in [3.8, 4) is 44.5 Å². The van der Waals surface area contributed by atoms with E-state index in [-0.39, 0.29) is 0 Å². The predicted molar refractivity (Wildman–Crippen MR) is 262 cm³/mol. The Hall–Kier alpha value is -8.20. The largest absolute Gasteiger partial charge is 0.456 e. The second kappa shape index (κ2) is 15.1. The monoisotopic (exact) mass is 803 g/mol. The maximum Gasteiger partial charge on any atom is 0.135 e. The third-order valence-electron chi connectivity index (χ3n) is 13.0. The molecule has 296 valence electrons. The lowest BCUT2D eigenvalue weighted by molar-refractivity contribution is 0.669. The number of furan rings is 1. The minimum absolute atomic E-state index is 0.532. The number of anilines is 3. The van der Waals surface area contributed by atoms with Gasteiger partial charge in [0.2, 0.25) is 0 Å². The van der Waals surface area contributed by atoms with Gasteiger partial charge in [0.05, 0.1) is 11.1 Å². The van der Waals surface area contributed by atoms with Crippen molar-refractivity contribution in [3.05, 3.63) is 271 Å². The molecule has 1 aromatic heterocycles. The van der Waals surface area contributed by atoms with E-state index in [1.165, 1.54) is 44.5 Å². The van der Waals surface area contributed by atoms with Crippen molar-refractivity contribution in [1.29, 1.82) is 0 Å². The quantitative estimate of drug-likeness (QED) is 0.152. The zero-order valence-corrected chi connectivity index (χ0v) is 34.5. The molecule has 0 spiro atoms. The number of rotatable bonds is 8. The molecule has 0 bridgehead atoms. The van der Waals surface area contributed by atoms with Crippen LogP contribution in [0.3, 0.4) is 0 Å². The summed E-state index contributed by atoms with van der Waals surface area (Å²) in [6.45, 7) is 0. The lowest BCUT2D eigenvalue weighted by Crippen LogP contribution is -2.28. The molecule has 1 heterocycles. The molecular formula is C61H41NO. The van der Waals surface area contributed by atoms with Crippen LogP contribution in [0, 0.1) is 0 Å². The van der Waals surface area contributed by atoms with Crippen LogP contribution in [-0.4, -0.2) is 0 Å². The van der Waals surface area contributed by atoms with E-state index in [1.807, 2.05) is 12.1 Å². The topological polar surface area (TPSA) is 16.4 Å². The first kappa shape index (κ1) is 36.6. The molecule has 0 N–H and O–H groups in total. The van der Waals surface area contributed by atoms with Crippen LogP contribution < -0.4 is 4.90 Å². The highest BCUT2D eigenvalue weighted by atomic mass is 16.3. The van der Waals surface area contributed by atoms with Gasteiger partial charge in [-0.25, -0.2) is 0 Å². The third kappa shape index (κ3) is 6.02. The number of para-hydroxylation sites is 1. The average molecular weight is 804 g/mol. The van der Waals surface area contributed by atoms with E-state index in [4.69, 9.17) is 4.42 Å². The Kier molecular flexibility index (Phi) is 8.76. The highest BCUT2D eigenvalue weighted by Crippen LogP contribution is 2.57. The molecule has 12 rings (SSSR count). The van der Waals surface area contributed by atoms with Crippen LogP contribution in [0.5, 0.6) is 0 Å². The third-order valence-corrected chi connectivity index (χ3v) is 13.0. The van der Waals surface area contributed by atoms with E-state index in [0.29, 0.717) is 0 Å². The Labute approximate surface area is 367 Å². The lowest BCUT2D eigenvalue weighted by atomic mass is 9.67. The van der Waals surface area contributed by atoms with Crippen molar-refractivity contribution < 1.29 is 4.42 Å². The van der Waals surface area contributed by atoms with Crippen molar-refractivity contribution in [3.63, 3.8) is 0 Å². The van der Waals surface area contributed by atoms with E-state index in [9.17, 15) is 0 Å². The summed E-state index contributed by atoms with van der Waals surface area (Å²) >= 11 is 0. The molecule has 0 aliphatic heterocycles. The van der Waals surface area contributed by atoms with Crippen LogP contribution in [0.2, 0.25) is 0 Å². The molecule has 0 radical (unpaired) electrons. The summed E-state index contributed by atoms with van der Waals surface area (Å²) in [6.07, 6.45) is 0. The highest BCUT2D eigenvalue weighted by molar-refractivity contribution is 6.06. The van der Waals surface area contributed by atoms with Gasteiger partial charge in [-0.15, -0.1) is 0 Å². The zero-order chi connectivity index (χ0) is 41.7. The molecule has 0 saturated carbocycles. The molecule has 0 saturated heterocycles. The van der Waals surface area contributed by atoms with Crippen LogP contribution >= 0.6 is 0 Å². The van der Waals surface area contributed by atoms with Gasteiger partial charge in [0, 0.05) is 27.7 Å². The summed E-state index contributed by atoms with van der Waals surface area (Å²) in [5, 5.41) is 2.25. The molecule has 63 heavy (non-hydrogen) atoms. The van der Waals surface area contributed by atoms with Gasteiger partial charge in [-0.05, 0) is 116 Å². The number of fused-ring (bicyclic) bond motifs is 6. The normalized spacial score (nSPS) is 12.6. The van der Waals surface area contributed by atoms with Crippen molar-refractivity contribution in [1.82, 2.24) is 0 Å². The van der Waals surface area contributed by atoms with Gasteiger partial charge in [0.25, 0.3) is 0 Å². The minimum Gasteiger partial charge on any atom is -0.456 e. The van der Waals surface area contributed by atoms with E-state index in [1.54, 1.807) is 0 Å². The second-order valence-corrected chi connectivity index (χ2v) is 16.4. The van der Waals surface area contributed by atoms with E-state index >= 15 is 0 Å². The Balaban J connectivity index is 1.09. The first-order valence-electron chi connectivity index (χ1n) is 21.7. The molecule has 2 heteroatoms. The summed E-state index contributed by atoms with van der Waals surface area (Å²) in [7, 11) is 0. The summed E-state index contributed by atoms with van der Waals surface area (Å²) in [4.78, 5) is 2.46. The highest BCUT2D eigenvalue weighted by Gasteiger charge is 2.46. The standard InChI is InChI=1S/C61H41NO/c1-5-17-42(18-6-1)45-31-37-58(54(39-45)44-19-7-2-8-20-44)62(49-33-29-43(30-34-49)46-32-38-60-55(40-46)53-26-14-16-28-59(53)63-60)50-35-36-52-51-25-13-15-27-56(51)61(57(52)41-50,47-21-9-3-10-22-47)48-23-11-4-12-24-48/h1-41H. The van der Waals surface area contributed by atoms with Crippen molar-refractivity contribution in [2.75, 3.05) is 4.90 Å². The maximum absolute atomic E-state index is 6.19. The first-order valence-corrected chi connectivity index (χ1v) is 21.7. The SMILES string of the molecule is c1ccc(-c2ccc(N(c3ccc(-c4ccc5oc6ccccc6c5c4)cc3)c3ccc4c(c3)C(c3ccccc3)(c3ccccc3)c3ccccc3-4)c(-c3ccccc3)c2)cc1. The van der Waals surface area contributed by atoms with E-state index < -0.39 is 5.41 Å². The van der Waals surface area contributed by atoms with Gasteiger partial charge in [0.15, 0.2) is 0 Å². The van der Waals surface area contributed by atoms with E-state index in [0.717, 1.165) is 61.3 Å². The lowest BCUT2D eigenvalue weighted by Gasteiger charge is -2.35. The van der Waals surface area contributed by atoms with Crippen molar-refractivity contribution >= 4 is 39.0 Å². The van der Waals surface area contributed by atoms with Crippen molar-refractivity contribution in [2.24, 2.45) is 0 Å². The number of nitrogens with zero attached hydrogens (tertiary/aromatic N) is 1. The number of hydrogen-bond donors (Lipinski definition) is 0. The van der Waals surface area contributed by atoms with Crippen LogP contribution in [-0.2, 0) is 5.41 Å². The molecule has 0 fully saturated rings. The van der Waals surface area contributed by atoms with Crippen molar-refractivity contribution in [2.45, 2.75) is 5.41 Å². The second-order valence-electron chi connectivity index (χ2n) is 16.4. The fourth-order valence-electron chi connectivity index (χ4n) is 10.1. The van der Waals surface area contributed by atoms with Gasteiger partial charge in [0.1, 0.15) is 11.2 Å². The molecule has 11 aromatic rings. The smallest absolute Gasteiger partial charge is 0.135 e. The van der Waals surface area contributed by atoms with Crippen LogP contribution in [0.4, 0.5) is 17.1 Å². The maximum atomic E-state index is 6.19. The molecule has 1 aliphatic rings. The molecule has 0 unspecified atom stereocenters. The van der Waals surface area contributed by atoms with Gasteiger partial charge in [-0.1, -0.05) is 194 Å². The molecule has 2 nitrogen and oxygen atoms in total. The van der Waals surface area contributed by atoms with Gasteiger partial charge < -0.3 is 9.32 Å². The van der Waals surface area contributed by atoms with Gasteiger partial charge >= 0.3 is 0 Å². The Morgan fingerprint density at radius 3 is 1.56 bits per heavy atom. The predicted octanol–water partition coefficient (Wildman–Crippen LogP) is 16.4. The molecular weight excluding hydrogens is 763 g/mol. The fraction of sp³-hybridized carbons (Fsp3) is 0.0164. The molecule has 0 atom stereocenters.